The van der Waals surface area contributed by atoms with Crippen LogP contribution in [0.1, 0.15) is 12.0 Å². The maximum Gasteiger partial charge on any atom is 0.303 e. The lowest BCUT2D eigenvalue weighted by atomic mass is 10.0. The summed E-state index contributed by atoms with van der Waals surface area (Å²) in [6, 6.07) is 6.10. The molecule has 88 valence electrons. The number of halogens is 1. The van der Waals surface area contributed by atoms with Crippen LogP contribution in [0.4, 0.5) is 4.39 Å². The summed E-state index contributed by atoms with van der Waals surface area (Å²) in [5, 5.41) is 15.3. The number of aliphatic carboxylic acids is 1. The van der Waals surface area contributed by atoms with Crippen LogP contribution >= 0.6 is 0 Å². The molecule has 0 aliphatic rings. The van der Waals surface area contributed by atoms with Crippen LogP contribution in [0.15, 0.2) is 30.5 Å². The molecule has 17 heavy (non-hydrogen) atoms. The van der Waals surface area contributed by atoms with Gasteiger partial charge in [-0.15, -0.1) is 0 Å². The zero-order valence-corrected chi connectivity index (χ0v) is 8.98. The Morgan fingerprint density at radius 2 is 2.29 bits per heavy atom. The monoisotopic (exact) mass is 234 g/mol. The molecule has 5 heteroatoms. The molecule has 0 atom stereocenters. The molecular formula is C12H11FN2O2. The van der Waals surface area contributed by atoms with E-state index in [1.165, 1.54) is 12.1 Å². The first-order valence-electron chi connectivity index (χ1n) is 5.17. The standard InChI is InChI=1S/C12H11FN2O2/c13-10-3-1-2-8(6-10)12-9(7-14-15-12)4-5-11(16)17/h1-3,6-7H,4-5H2,(H,14,15)(H,16,17). The Labute approximate surface area is 97.1 Å². The molecule has 1 heterocycles. The van der Waals surface area contributed by atoms with Crippen LogP contribution in [0.25, 0.3) is 11.3 Å². The lowest BCUT2D eigenvalue weighted by Gasteiger charge is -2.02. The van der Waals surface area contributed by atoms with Gasteiger partial charge < -0.3 is 5.11 Å². The molecule has 1 aromatic carbocycles. The van der Waals surface area contributed by atoms with E-state index >= 15 is 0 Å². The van der Waals surface area contributed by atoms with Gasteiger partial charge in [0.15, 0.2) is 0 Å². The first kappa shape index (κ1) is 11.3. The molecule has 0 bridgehead atoms. The SMILES string of the molecule is O=C(O)CCc1cn[nH]c1-c1cccc(F)c1. The molecule has 0 unspecified atom stereocenters. The van der Waals surface area contributed by atoms with Crippen molar-refractivity contribution in [3.05, 3.63) is 41.8 Å². The van der Waals surface area contributed by atoms with Crippen molar-refractivity contribution in [2.75, 3.05) is 0 Å². The Balaban J connectivity index is 2.27. The molecule has 0 amide bonds. The second-order valence-electron chi connectivity index (χ2n) is 3.67. The Hall–Kier alpha value is -2.17. The number of aromatic amines is 1. The summed E-state index contributed by atoms with van der Waals surface area (Å²) in [6.45, 7) is 0. The van der Waals surface area contributed by atoms with Crippen LogP contribution in [0.2, 0.25) is 0 Å². The number of aryl methyl sites for hydroxylation is 1. The van der Waals surface area contributed by atoms with Crippen LogP contribution in [0.5, 0.6) is 0 Å². The number of hydrogen-bond donors (Lipinski definition) is 2. The van der Waals surface area contributed by atoms with Crippen molar-refractivity contribution in [1.82, 2.24) is 10.2 Å². The highest BCUT2D eigenvalue weighted by molar-refractivity contribution is 5.68. The zero-order chi connectivity index (χ0) is 12.3. The molecule has 2 N–H and O–H groups in total. The van der Waals surface area contributed by atoms with Gasteiger partial charge in [-0.3, -0.25) is 9.89 Å². The molecular weight excluding hydrogens is 223 g/mol. The van der Waals surface area contributed by atoms with Crippen LogP contribution in [-0.4, -0.2) is 21.3 Å². The minimum atomic E-state index is -0.864. The summed E-state index contributed by atoms with van der Waals surface area (Å²) >= 11 is 0. The number of nitrogens with one attached hydrogen (secondary N) is 1. The second kappa shape index (κ2) is 4.78. The molecule has 0 spiro atoms. The van der Waals surface area contributed by atoms with Crippen molar-refractivity contribution < 1.29 is 14.3 Å². The van der Waals surface area contributed by atoms with Gasteiger partial charge in [0.1, 0.15) is 5.82 Å². The van der Waals surface area contributed by atoms with Crippen LogP contribution in [0.3, 0.4) is 0 Å². The molecule has 0 fully saturated rings. The number of aromatic nitrogens is 2. The van der Waals surface area contributed by atoms with E-state index in [4.69, 9.17) is 5.11 Å². The third kappa shape index (κ3) is 2.69. The Morgan fingerprint density at radius 3 is 3.00 bits per heavy atom. The minimum absolute atomic E-state index is 0.0296. The number of benzene rings is 1. The summed E-state index contributed by atoms with van der Waals surface area (Å²) in [6.07, 6.45) is 1.97. The highest BCUT2D eigenvalue weighted by Crippen LogP contribution is 2.22. The third-order valence-electron chi connectivity index (χ3n) is 2.44. The van der Waals surface area contributed by atoms with E-state index < -0.39 is 5.97 Å². The number of carboxylic acids is 1. The fraction of sp³-hybridized carbons (Fsp3) is 0.167. The van der Waals surface area contributed by atoms with E-state index in [1.54, 1.807) is 18.3 Å². The molecule has 0 saturated carbocycles. The summed E-state index contributed by atoms with van der Waals surface area (Å²) in [7, 11) is 0. The lowest BCUT2D eigenvalue weighted by molar-refractivity contribution is -0.136. The molecule has 0 aliphatic heterocycles. The summed E-state index contributed by atoms with van der Waals surface area (Å²) in [5.41, 5.74) is 2.12. The lowest BCUT2D eigenvalue weighted by Crippen LogP contribution is -1.97. The minimum Gasteiger partial charge on any atom is -0.481 e. The summed E-state index contributed by atoms with van der Waals surface area (Å²) in [5.74, 6) is -1.20. The van der Waals surface area contributed by atoms with Crippen molar-refractivity contribution >= 4 is 5.97 Å². The van der Waals surface area contributed by atoms with Gasteiger partial charge in [0, 0.05) is 12.0 Å². The van der Waals surface area contributed by atoms with Gasteiger partial charge in [0.2, 0.25) is 0 Å². The fourth-order valence-electron chi connectivity index (χ4n) is 1.64. The highest BCUT2D eigenvalue weighted by atomic mass is 19.1. The summed E-state index contributed by atoms with van der Waals surface area (Å²) in [4.78, 5) is 10.5. The van der Waals surface area contributed by atoms with E-state index in [0.29, 0.717) is 17.7 Å². The van der Waals surface area contributed by atoms with Gasteiger partial charge >= 0.3 is 5.97 Å². The predicted octanol–water partition coefficient (Wildman–Crippen LogP) is 2.23. The van der Waals surface area contributed by atoms with Crippen LogP contribution < -0.4 is 0 Å². The average molecular weight is 234 g/mol. The fourth-order valence-corrected chi connectivity index (χ4v) is 1.64. The Kier molecular flexibility index (Phi) is 3.18. The Bertz CT molecular complexity index is 537. The maximum absolute atomic E-state index is 13.1. The molecule has 2 aromatic rings. The van der Waals surface area contributed by atoms with Gasteiger partial charge in [-0.2, -0.15) is 5.10 Å². The van der Waals surface area contributed by atoms with Crippen molar-refractivity contribution in [2.24, 2.45) is 0 Å². The largest absolute Gasteiger partial charge is 0.481 e. The normalized spacial score (nSPS) is 10.4. The van der Waals surface area contributed by atoms with Gasteiger partial charge in [-0.25, -0.2) is 4.39 Å². The van der Waals surface area contributed by atoms with E-state index in [2.05, 4.69) is 10.2 Å². The topological polar surface area (TPSA) is 66.0 Å². The number of hydrogen-bond acceptors (Lipinski definition) is 2. The smallest absolute Gasteiger partial charge is 0.303 e. The van der Waals surface area contributed by atoms with Gasteiger partial charge in [-0.1, -0.05) is 12.1 Å². The van der Waals surface area contributed by atoms with E-state index in [1.807, 2.05) is 0 Å². The van der Waals surface area contributed by atoms with E-state index in [-0.39, 0.29) is 12.2 Å². The molecule has 0 aliphatic carbocycles. The van der Waals surface area contributed by atoms with Crippen molar-refractivity contribution in [1.29, 1.82) is 0 Å². The molecule has 0 radical (unpaired) electrons. The highest BCUT2D eigenvalue weighted by Gasteiger charge is 2.09. The molecule has 0 saturated heterocycles. The number of rotatable bonds is 4. The predicted molar refractivity (Wildman–Crippen MR) is 59.9 cm³/mol. The number of carbonyl (C=O) groups is 1. The maximum atomic E-state index is 13.1. The van der Waals surface area contributed by atoms with Crippen LogP contribution in [-0.2, 0) is 11.2 Å². The molecule has 2 rings (SSSR count). The third-order valence-corrected chi connectivity index (χ3v) is 2.44. The van der Waals surface area contributed by atoms with E-state index in [0.717, 1.165) is 5.56 Å². The average Bonchev–Trinajstić information content (AvgIpc) is 2.74. The molecule has 1 aromatic heterocycles. The quantitative estimate of drug-likeness (QED) is 0.852. The van der Waals surface area contributed by atoms with Gasteiger partial charge in [-0.05, 0) is 24.1 Å². The van der Waals surface area contributed by atoms with Crippen LogP contribution in [0, 0.1) is 5.82 Å². The van der Waals surface area contributed by atoms with E-state index in [9.17, 15) is 9.18 Å². The number of carboxylic acid groups (broad SMARTS) is 1. The number of nitrogens with zero attached hydrogens (tertiary/aromatic N) is 1. The second-order valence-corrected chi connectivity index (χ2v) is 3.67. The van der Waals surface area contributed by atoms with Crippen molar-refractivity contribution in [3.63, 3.8) is 0 Å². The Morgan fingerprint density at radius 1 is 1.47 bits per heavy atom. The zero-order valence-electron chi connectivity index (χ0n) is 8.98. The summed E-state index contributed by atoms with van der Waals surface area (Å²) < 4.78 is 13.1. The van der Waals surface area contributed by atoms with Gasteiger partial charge in [0.25, 0.3) is 0 Å². The van der Waals surface area contributed by atoms with Crippen molar-refractivity contribution in [2.45, 2.75) is 12.8 Å². The number of H-pyrrole nitrogens is 1. The van der Waals surface area contributed by atoms with Gasteiger partial charge in [0.05, 0.1) is 11.9 Å². The first-order chi connectivity index (χ1) is 8.16. The molecule has 4 nitrogen and oxygen atoms in total. The van der Waals surface area contributed by atoms with Crippen molar-refractivity contribution in [3.8, 4) is 11.3 Å². The first-order valence-corrected chi connectivity index (χ1v) is 5.17.